The number of rotatable bonds is 3. The summed E-state index contributed by atoms with van der Waals surface area (Å²) in [6.07, 6.45) is 1.64. The van der Waals surface area contributed by atoms with Crippen LogP contribution in [0, 0.1) is 5.41 Å². The molecule has 0 saturated carbocycles. The smallest absolute Gasteiger partial charge is 0.260 e. The molecule has 0 saturated heterocycles. The maximum Gasteiger partial charge on any atom is 0.260 e. The van der Waals surface area contributed by atoms with Gasteiger partial charge in [0.1, 0.15) is 16.7 Å². The Labute approximate surface area is 154 Å². The SMILES string of the molecule is COc1ccccc1/C=c1/c(=O)[nH]c(O)c2c1=NN(c1ccccc1)C2=N. The summed E-state index contributed by atoms with van der Waals surface area (Å²) in [7, 11) is 1.55. The number of benzene rings is 2. The van der Waals surface area contributed by atoms with Crippen molar-refractivity contribution in [3.63, 3.8) is 0 Å². The van der Waals surface area contributed by atoms with Crippen LogP contribution in [0.3, 0.4) is 0 Å². The third kappa shape index (κ3) is 2.75. The van der Waals surface area contributed by atoms with Crippen LogP contribution in [-0.4, -0.2) is 23.0 Å². The van der Waals surface area contributed by atoms with Crippen molar-refractivity contribution in [1.82, 2.24) is 4.98 Å². The van der Waals surface area contributed by atoms with E-state index in [0.29, 0.717) is 17.0 Å². The topological polar surface area (TPSA) is 102 Å². The molecule has 4 rings (SSSR count). The Morgan fingerprint density at radius 2 is 1.85 bits per heavy atom. The zero-order valence-electron chi connectivity index (χ0n) is 14.4. The molecule has 27 heavy (non-hydrogen) atoms. The fraction of sp³-hybridized carbons (Fsp3) is 0.0500. The first-order valence-electron chi connectivity index (χ1n) is 8.23. The summed E-state index contributed by atoms with van der Waals surface area (Å²) in [5.74, 6) is 0.214. The molecule has 0 atom stereocenters. The van der Waals surface area contributed by atoms with Crippen LogP contribution in [0.2, 0.25) is 0 Å². The van der Waals surface area contributed by atoms with Gasteiger partial charge in [-0.2, -0.15) is 5.10 Å². The molecule has 134 valence electrons. The normalized spacial score (nSPS) is 13.4. The first kappa shape index (κ1) is 16.6. The Morgan fingerprint density at radius 1 is 1.15 bits per heavy atom. The number of aromatic amines is 1. The maximum absolute atomic E-state index is 12.5. The van der Waals surface area contributed by atoms with Crippen molar-refractivity contribution >= 4 is 17.6 Å². The van der Waals surface area contributed by atoms with Crippen molar-refractivity contribution in [2.24, 2.45) is 5.10 Å². The van der Waals surface area contributed by atoms with Crippen LogP contribution in [0.1, 0.15) is 11.1 Å². The van der Waals surface area contributed by atoms with Gasteiger partial charge < -0.3 is 9.84 Å². The largest absolute Gasteiger partial charge is 0.496 e. The molecule has 0 spiro atoms. The lowest BCUT2D eigenvalue weighted by molar-refractivity contribution is 0.414. The Bertz CT molecular complexity index is 1220. The molecule has 0 amide bonds. The first-order chi connectivity index (χ1) is 13.1. The number of hydrogen-bond acceptors (Lipinski definition) is 5. The van der Waals surface area contributed by atoms with E-state index < -0.39 is 5.56 Å². The van der Waals surface area contributed by atoms with Gasteiger partial charge in [0, 0.05) is 5.56 Å². The van der Waals surface area contributed by atoms with Gasteiger partial charge in [0.2, 0.25) is 5.88 Å². The molecule has 1 aliphatic heterocycles. The van der Waals surface area contributed by atoms with Gasteiger partial charge in [-0.1, -0.05) is 36.4 Å². The summed E-state index contributed by atoms with van der Waals surface area (Å²) in [5.41, 5.74) is 1.04. The van der Waals surface area contributed by atoms with E-state index in [1.165, 1.54) is 5.01 Å². The molecular formula is C20H16N4O3. The molecule has 2 heterocycles. The fourth-order valence-corrected chi connectivity index (χ4v) is 3.01. The number of nitrogens with zero attached hydrogens (tertiary/aromatic N) is 2. The number of aromatic hydroxyl groups is 1. The van der Waals surface area contributed by atoms with E-state index in [9.17, 15) is 9.90 Å². The van der Waals surface area contributed by atoms with Crippen molar-refractivity contribution in [2.75, 3.05) is 12.1 Å². The van der Waals surface area contributed by atoms with Crippen molar-refractivity contribution < 1.29 is 9.84 Å². The summed E-state index contributed by atoms with van der Waals surface area (Å²) in [6, 6.07) is 16.4. The van der Waals surface area contributed by atoms with E-state index in [1.807, 2.05) is 36.4 Å². The molecular weight excluding hydrogens is 344 g/mol. The number of fused-ring (bicyclic) bond motifs is 1. The van der Waals surface area contributed by atoms with Gasteiger partial charge in [0.05, 0.1) is 18.0 Å². The highest BCUT2D eigenvalue weighted by Crippen LogP contribution is 2.22. The number of amidine groups is 1. The van der Waals surface area contributed by atoms with E-state index in [4.69, 9.17) is 10.1 Å². The predicted molar refractivity (Wildman–Crippen MR) is 102 cm³/mol. The molecule has 3 N–H and O–H groups in total. The number of anilines is 1. The Morgan fingerprint density at radius 3 is 2.59 bits per heavy atom. The standard InChI is InChI=1S/C20H16N4O3/c1-27-15-10-6-5-7-12(15)11-14-17-16(20(26)22-19(14)25)18(21)24(23-17)13-8-3-2-4-9-13/h2-11,21,26H,1H3,(H,22,25)/b14-11+,21-18?. The number of pyridine rings is 1. The lowest BCUT2D eigenvalue weighted by Gasteiger charge is -2.13. The lowest BCUT2D eigenvalue weighted by Crippen LogP contribution is -2.42. The van der Waals surface area contributed by atoms with Crippen LogP contribution >= 0.6 is 0 Å². The molecule has 2 aromatic carbocycles. The molecule has 0 fully saturated rings. The average molecular weight is 360 g/mol. The quantitative estimate of drug-likeness (QED) is 0.655. The van der Waals surface area contributed by atoms with Gasteiger partial charge in [-0.25, -0.2) is 5.01 Å². The third-order valence-corrected chi connectivity index (χ3v) is 4.29. The lowest BCUT2D eigenvalue weighted by atomic mass is 10.1. The molecule has 7 heteroatoms. The van der Waals surface area contributed by atoms with Gasteiger partial charge >= 0.3 is 0 Å². The molecule has 0 unspecified atom stereocenters. The van der Waals surface area contributed by atoms with Gasteiger partial charge in [-0.3, -0.25) is 15.2 Å². The summed E-state index contributed by atoms with van der Waals surface area (Å²) < 4.78 is 5.34. The molecule has 0 bridgehead atoms. The van der Waals surface area contributed by atoms with E-state index >= 15 is 0 Å². The van der Waals surface area contributed by atoms with Crippen LogP contribution in [-0.2, 0) is 0 Å². The number of hydrogen-bond donors (Lipinski definition) is 3. The van der Waals surface area contributed by atoms with E-state index in [0.717, 1.165) is 0 Å². The minimum Gasteiger partial charge on any atom is -0.496 e. The number of aromatic nitrogens is 1. The fourth-order valence-electron chi connectivity index (χ4n) is 3.01. The highest BCUT2D eigenvalue weighted by molar-refractivity contribution is 6.10. The Balaban J connectivity index is 2.01. The molecule has 0 radical (unpaired) electrons. The van der Waals surface area contributed by atoms with Crippen LogP contribution in [0.5, 0.6) is 11.6 Å². The summed E-state index contributed by atoms with van der Waals surface area (Å²) >= 11 is 0. The van der Waals surface area contributed by atoms with Crippen LogP contribution in [0.4, 0.5) is 5.69 Å². The van der Waals surface area contributed by atoms with E-state index in [1.54, 1.807) is 31.4 Å². The number of para-hydroxylation sites is 2. The Kier molecular flexibility index (Phi) is 3.97. The number of H-pyrrole nitrogens is 1. The first-order valence-corrected chi connectivity index (χ1v) is 8.23. The van der Waals surface area contributed by atoms with Crippen molar-refractivity contribution in [3.05, 3.63) is 86.7 Å². The zero-order valence-corrected chi connectivity index (χ0v) is 14.4. The van der Waals surface area contributed by atoms with E-state index in [2.05, 4.69) is 10.1 Å². The third-order valence-electron chi connectivity index (χ3n) is 4.29. The summed E-state index contributed by atoms with van der Waals surface area (Å²) in [5, 5.41) is 24.9. The second kappa shape index (κ2) is 6.45. The second-order valence-electron chi connectivity index (χ2n) is 5.92. The number of methoxy groups -OCH3 is 1. The van der Waals surface area contributed by atoms with Gasteiger partial charge in [0.15, 0.2) is 5.84 Å². The molecule has 1 aliphatic rings. The average Bonchev–Trinajstić information content (AvgIpc) is 3.03. The maximum atomic E-state index is 12.5. The van der Waals surface area contributed by atoms with E-state index in [-0.39, 0.29) is 27.9 Å². The van der Waals surface area contributed by atoms with Gasteiger partial charge in [-0.15, -0.1) is 0 Å². The van der Waals surface area contributed by atoms with Crippen molar-refractivity contribution in [3.8, 4) is 11.6 Å². The van der Waals surface area contributed by atoms with Crippen molar-refractivity contribution in [2.45, 2.75) is 0 Å². The molecule has 3 aromatic rings. The highest BCUT2D eigenvalue weighted by Gasteiger charge is 2.26. The minimum absolute atomic E-state index is 0.0142. The monoisotopic (exact) mass is 360 g/mol. The summed E-state index contributed by atoms with van der Waals surface area (Å²) in [6.45, 7) is 0. The number of nitrogens with one attached hydrogen (secondary N) is 2. The second-order valence-corrected chi connectivity index (χ2v) is 5.92. The zero-order chi connectivity index (χ0) is 19.0. The molecule has 7 nitrogen and oxygen atoms in total. The van der Waals surface area contributed by atoms with Crippen molar-refractivity contribution in [1.29, 1.82) is 5.41 Å². The van der Waals surface area contributed by atoms with Gasteiger partial charge in [0.25, 0.3) is 5.56 Å². The van der Waals surface area contributed by atoms with Crippen LogP contribution in [0.25, 0.3) is 6.08 Å². The summed E-state index contributed by atoms with van der Waals surface area (Å²) in [4.78, 5) is 14.9. The Hall–Kier alpha value is -3.87. The van der Waals surface area contributed by atoms with Crippen LogP contribution < -0.4 is 25.9 Å². The predicted octanol–water partition coefficient (Wildman–Crippen LogP) is 1.30. The van der Waals surface area contributed by atoms with Gasteiger partial charge in [-0.05, 0) is 24.3 Å². The molecule has 1 aromatic heterocycles. The molecule has 0 aliphatic carbocycles. The number of ether oxygens (including phenoxy) is 1. The van der Waals surface area contributed by atoms with Crippen LogP contribution in [0.15, 0.2) is 64.5 Å². The highest BCUT2D eigenvalue weighted by atomic mass is 16.5. The minimum atomic E-state index is -0.497.